The van der Waals surface area contributed by atoms with Crippen LogP contribution in [-0.2, 0) is 4.79 Å². The van der Waals surface area contributed by atoms with Gasteiger partial charge in [0.25, 0.3) is 0 Å². The fourth-order valence-corrected chi connectivity index (χ4v) is 2.89. The Labute approximate surface area is 157 Å². The maximum absolute atomic E-state index is 12.3. The number of carbonyl (C=O) groups excluding carboxylic acids is 1. The molecule has 9 nitrogen and oxygen atoms in total. The standard InChI is InChI=1S/C18H23N7O2/c1-18(2,22-11-15(26)25-9-3-4-14(25)10-19)12-21-17-23-16(24-27-17)13-5-7-20-8-6-13/h5-8,14,22H,3-4,9,11-12H2,1-2H3,(H,21,23,24)/t14-/m0/s1. The molecule has 3 rings (SSSR count). The third-order valence-corrected chi connectivity index (χ3v) is 4.49. The second kappa shape index (κ2) is 8.14. The molecule has 0 radical (unpaired) electrons. The summed E-state index contributed by atoms with van der Waals surface area (Å²) in [4.78, 5) is 22.3. The molecule has 0 aliphatic carbocycles. The quantitative estimate of drug-likeness (QED) is 0.752. The molecule has 27 heavy (non-hydrogen) atoms. The van der Waals surface area contributed by atoms with Crippen molar-refractivity contribution in [3.63, 3.8) is 0 Å². The van der Waals surface area contributed by atoms with Gasteiger partial charge in [0.2, 0.25) is 11.7 Å². The van der Waals surface area contributed by atoms with Crippen LogP contribution in [0, 0.1) is 11.3 Å². The van der Waals surface area contributed by atoms with Crippen LogP contribution in [-0.4, -0.2) is 57.1 Å². The lowest BCUT2D eigenvalue weighted by Gasteiger charge is -2.28. The first-order chi connectivity index (χ1) is 13.0. The van der Waals surface area contributed by atoms with E-state index >= 15 is 0 Å². The van der Waals surface area contributed by atoms with Crippen LogP contribution in [0.25, 0.3) is 11.4 Å². The Kier molecular flexibility index (Phi) is 5.66. The van der Waals surface area contributed by atoms with Gasteiger partial charge in [0.15, 0.2) is 0 Å². The largest absolute Gasteiger partial charge is 0.336 e. The molecule has 0 aromatic carbocycles. The van der Waals surface area contributed by atoms with Gasteiger partial charge in [0, 0.05) is 36.6 Å². The molecule has 1 atom stereocenters. The van der Waals surface area contributed by atoms with Crippen LogP contribution in [0.1, 0.15) is 26.7 Å². The minimum atomic E-state index is -0.386. The minimum Gasteiger partial charge on any atom is -0.336 e. The van der Waals surface area contributed by atoms with E-state index in [1.807, 2.05) is 13.8 Å². The Morgan fingerprint density at radius 3 is 2.96 bits per heavy atom. The molecule has 2 aromatic heterocycles. The Morgan fingerprint density at radius 2 is 2.22 bits per heavy atom. The molecule has 1 aliphatic rings. The molecule has 1 fully saturated rings. The molecule has 0 unspecified atom stereocenters. The molecule has 2 aromatic rings. The van der Waals surface area contributed by atoms with Gasteiger partial charge in [0.1, 0.15) is 6.04 Å². The van der Waals surface area contributed by atoms with E-state index < -0.39 is 0 Å². The third kappa shape index (κ3) is 4.80. The summed E-state index contributed by atoms with van der Waals surface area (Å²) in [6, 6.07) is 5.81. The number of carbonyl (C=O) groups is 1. The van der Waals surface area contributed by atoms with Gasteiger partial charge in [-0.05, 0) is 38.8 Å². The van der Waals surface area contributed by atoms with Crippen molar-refractivity contribution in [2.75, 3.05) is 25.0 Å². The van der Waals surface area contributed by atoms with E-state index in [1.165, 1.54) is 0 Å². The van der Waals surface area contributed by atoms with Crippen LogP contribution >= 0.6 is 0 Å². The van der Waals surface area contributed by atoms with Crippen molar-refractivity contribution in [3.8, 4) is 17.5 Å². The van der Waals surface area contributed by atoms with Gasteiger partial charge in [-0.1, -0.05) is 5.16 Å². The molecule has 1 saturated heterocycles. The molecule has 2 N–H and O–H groups in total. The van der Waals surface area contributed by atoms with Crippen molar-refractivity contribution in [1.82, 2.24) is 25.3 Å². The molecule has 0 saturated carbocycles. The van der Waals surface area contributed by atoms with Gasteiger partial charge in [-0.3, -0.25) is 9.78 Å². The molecular formula is C18H23N7O2. The van der Waals surface area contributed by atoms with Crippen molar-refractivity contribution in [2.45, 2.75) is 38.3 Å². The number of likely N-dealkylation sites (tertiary alicyclic amines) is 1. The van der Waals surface area contributed by atoms with E-state index in [-0.39, 0.29) is 24.0 Å². The summed E-state index contributed by atoms with van der Waals surface area (Å²) in [5.41, 5.74) is 0.436. The Bertz CT molecular complexity index is 813. The van der Waals surface area contributed by atoms with E-state index in [0.717, 1.165) is 18.4 Å². The number of nitriles is 1. The second-order valence-electron chi connectivity index (χ2n) is 7.12. The fourth-order valence-electron chi connectivity index (χ4n) is 2.89. The van der Waals surface area contributed by atoms with Gasteiger partial charge in [-0.25, -0.2) is 0 Å². The number of nitrogens with zero attached hydrogens (tertiary/aromatic N) is 5. The summed E-state index contributed by atoms with van der Waals surface area (Å²) in [6.45, 7) is 5.26. The number of amides is 1. The van der Waals surface area contributed by atoms with Crippen molar-refractivity contribution < 1.29 is 9.32 Å². The summed E-state index contributed by atoms with van der Waals surface area (Å²) in [6.07, 6.45) is 4.97. The van der Waals surface area contributed by atoms with Crippen molar-refractivity contribution in [1.29, 1.82) is 5.26 Å². The monoisotopic (exact) mass is 369 g/mol. The SMILES string of the molecule is CC(C)(CNc1nc(-c2ccncc2)no1)NCC(=O)N1CCC[C@H]1C#N. The van der Waals surface area contributed by atoms with E-state index in [1.54, 1.807) is 29.4 Å². The Balaban J connectivity index is 1.49. The number of nitrogens with one attached hydrogen (secondary N) is 2. The normalized spacial score (nSPS) is 16.9. The molecule has 1 aliphatic heterocycles. The molecule has 0 spiro atoms. The van der Waals surface area contributed by atoms with E-state index in [9.17, 15) is 4.79 Å². The summed E-state index contributed by atoms with van der Waals surface area (Å²) >= 11 is 0. The predicted molar refractivity (Wildman–Crippen MR) is 98.4 cm³/mol. The number of aromatic nitrogens is 3. The van der Waals surface area contributed by atoms with E-state index in [2.05, 4.69) is 31.8 Å². The summed E-state index contributed by atoms with van der Waals surface area (Å²) < 4.78 is 5.22. The summed E-state index contributed by atoms with van der Waals surface area (Å²) in [5, 5.41) is 19.4. The predicted octanol–water partition coefficient (Wildman–Crippen LogP) is 1.43. The zero-order valence-corrected chi connectivity index (χ0v) is 15.5. The number of hydrogen-bond donors (Lipinski definition) is 2. The first-order valence-corrected chi connectivity index (χ1v) is 8.90. The maximum atomic E-state index is 12.3. The lowest BCUT2D eigenvalue weighted by atomic mass is 10.1. The highest BCUT2D eigenvalue weighted by molar-refractivity contribution is 5.79. The number of rotatable bonds is 7. The van der Waals surface area contributed by atoms with Crippen molar-refractivity contribution in [3.05, 3.63) is 24.5 Å². The van der Waals surface area contributed by atoms with Gasteiger partial charge in [0.05, 0.1) is 12.6 Å². The molecule has 0 bridgehead atoms. The third-order valence-electron chi connectivity index (χ3n) is 4.49. The van der Waals surface area contributed by atoms with E-state index in [4.69, 9.17) is 9.78 Å². The van der Waals surface area contributed by atoms with Crippen molar-refractivity contribution in [2.24, 2.45) is 0 Å². The summed E-state index contributed by atoms with van der Waals surface area (Å²) in [5.74, 6) is 0.433. The zero-order chi connectivity index (χ0) is 19.3. The highest BCUT2D eigenvalue weighted by Crippen LogP contribution is 2.18. The van der Waals surface area contributed by atoms with Gasteiger partial charge in [-0.15, -0.1) is 0 Å². The van der Waals surface area contributed by atoms with Gasteiger partial charge < -0.3 is 20.1 Å². The lowest BCUT2D eigenvalue weighted by Crippen LogP contribution is -2.50. The summed E-state index contributed by atoms with van der Waals surface area (Å²) in [7, 11) is 0. The van der Waals surface area contributed by atoms with E-state index in [0.29, 0.717) is 24.9 Å². The van der Waals surface area contributed by atoms with Crippen LogP contribution in [0.2, 0.25) is 0 Å². The highest BCUT2D eigenvalue weighted by Gasteiger charge is 2.29. The fraction of sp³-hybridized carbons (Fsp3) is 0.500. The van der Waals surface area contributed by atoms with Crippen LogP contribution in [0.3, 0.4) is 0 Å². The van der Waals surface area contributed by atoms with Crippen molar-refractivity contribution >= 4 is 11.9 Å². The minimum absolute atomic E-state index is 0.0510. The number of anilines is 1. The van der Waals surface area contributed by atoms with Crippen LogP contribution in [0.5, 0.6) is 0 Å². The first kappa shape index (κ1) is 18.8. The Hall–Kier alpha value is -2.99. The molecule has 9 heteroatoms. The van der Waals surface area contributed by atoms with Gasteiger partial charge in [-0.2, -0.15) is 10.2 Å². The molecule has 142 valence electrons. The smallest absolute Gasteiger partial charge is 0.321 e. The first-order valence-electron chi connectivity index (χ1n) is 8.90. The van der Waals surface area contributed by atoms with Crippen LogP contribution < -0.4 is 10.6 Å². The molecule has 1 amide bonds. The second-order valence-corrected chi connectivity index (χ2v) is 7.12. The average molecular weight is 369 g/mol. The van der Waals surface area contributed by atoms with Crippen LogP contribution in [0.4, 0.5) is 6.01 Å². The topological polar surface area (TPSA) is 120 Å². The molecule has 3 heterocycles. The maximum Gasteiger partial charge on any atom is 0.321 e. The molecular weight excluding hydrogens is 346 g/mol. The number of hydrogen-bond acceptors (Lipinski definition) is 8. The van der Waals surface area contributed by atoms with Gasteiger partial charge >= 0.3 is 6.01 Å². The highest BCUT2D eigenvalue weighted by atomic mass is 16.5. The zero-order valence-electron chi connectivity index (χ0n) is 15.5. The Morgan fingerprint density at radius 1 is 1.44 bits per heavy atom. The lowest BCUT2D eigenvalue weighted by molar-refractivity contribution is -0.130. The van der Waals surface area contributed by atoms with Crippen LogP contribution in [0.15, 0.2) is 29.0 Å². The average Bonchev–Trinajstić information content (AvgIpc) is 3.34. The number of pyridine rings is 1.